The van der Waals surface area contributed by atoms with Gasteiger partial charge in [-0.05, 0) is 57.5 Å². The first-order chi connectivity index (χ1) is 20.1. The second-order valence-electron chi connectivity index (χ2n) is 12.3. The van der Waals surface area contributed by atoms with E-state index in [1.165, 1.54) is 31.1 Å². The van der Waals surface area contributed by atoms with Gasteiger partial charge in [0, 0.05) is 5.56 Å². The van der Waals surface area contributed by atoms with Crippen LogP contribution in [0.3, 0.4) is 0 Å². The van der Waals surface area contributed by atoms with Crippen molar-refractivity contribution in [3.05, 3.63) is 45.7 Å². The minimum absolute atomic E-state index is 0.141. The van der Waals surface area contributed by atoms with Crippen molar-refractivity contribution in [3.8, 4) is 29.7 Å². The summed E-state index contributed by atoms with van der Waals surface area (Å²) in [6, 6.07) is 5.40. The quantitative estimate of drug-likeness (QED) is 0.209. The lowest BCUT2D eigenvalue weighted by Crippen LogP contribution is -2.80. The summed E-state index contributed by atoms with van der Waals surface area (Å²) in [5.41, 5.74) is 10.7. The predicted octanol–water partition coefficient (Wildman–Crippen LogP) is 0.731. The number of phenolic OH excluding ortho intramolecular Hbond substituents is 1. The Hall–Kier alpha value is -4.67. The predicted molar refractivity (Wildman–Crippen MR) is 152 cm³/mol. The Morgan fingerprint density at radius 3 is 2.26 bits per heavy atom. The fraction of sp³-hybridized carbons (Fsp3) is 0.452. The van der Waals surface area contributed by atoms with Crippen LogP contribution >= 0.6 is 0 Å². The van der Waals surface area contributed by atoms with Gasteiger partial charge in [0.1, 0.15) is 28.3 Å². The van der Waals surface area contributed by atoms with Gasteiger partial charge in [-0.15, -0.1) is 0 Å². The number of benzene rings is 1. The zero-order chi connectivity index (χ0) is 31.7. The Kier molecular flexibility index (Phi) is 6.71. The maximum atomic E-state index is 14.4. The Balaban J connectivity index is 1.78. The Morgan fingerprint density at radius 1 is 1.05 bits per heavy atom. The number of Topliss-reactive ketones (excluding diaryl/α,β-unsaturated/α-hetero) is 2. The highest BCUT2D eigenvalue weighted by atomic mass is 16.3. The van der Waals surface area contributed by atoms with E-state index in [9.17, 15) is 40.2 Å². The summed E-state index contributed by atoms with van der Waals surface area (Å²) in [4.78, 5) is 41.6. The highest BCUT2D eigenvalue weighted by Crippen LogP contribution is 2.58. The van der Waals surface area contributed by atoms with Crippen molar-refractivity contribution >= 4 is 23.2 Å². The van der Waals surface area contributed by atoms with Crippen molar-refractivity contribution in [2.45, 2.75) is 62.1 Å². The normalized spacial score (nSPS) is 31.2. The molecule has 0 bridgehead atoms. The topological polar surface area (TPSA) is 241 Å². The number of carbonyl (C=O) groups excluding carboxylic acids is 3. The van der Waals surface area contributed by atoms with Crippen LogP contribution in [0.2, 0.25) is 0 Å². The molecule has 9 N–H and O–H groups in total. The van der Waals surface area contributed by atoms with Crippen LogP contribution < -0.4 is 17.2 Å². The standard InChI is InChI=1S/C31H32N6O6/c1-37(2)24-23(40)20(27(34)43)25(41)30(15-33)26(42)21-22(39)19-17(12-29(21,35)13-31(24,30)36)16(6-7-18(19)38)8-11-28(14-32)9-4-3-5-10-28/h6-7,24,38-39,41H,3-5,9-10,12-13,35-36H2,1-2H3,(H2,34,43)/t24-,29-,30+,31-/m1/s1. The molecule has 2 fully saturated rings. The zero-order valence-electron chi connectivity index (χ0n) is 23.8. The van der Waals surface area contributed by atoms with Crippen molar-refractivity contribution in [2.75, 3.05) is 14.1 Å². The van der Waals surface area contributed by atoms with E-state index in [2.05, 4.69) is 17.9 Å². The summed E-state index contributed by atoms with van der Waals surface area (Å²) in [6.45, 7) is 0. The summed E-state index contributed by atoms with van der Waals surface area (Å²) >= 11 is 0. The van der Waals surface area contributed by atoms with Crippen molar-refractivity contribution < 1.29 is 29.7 Å². The number of aromatic hydroxyl groups is 1. The van der Waals surface area contributed by atoms with Gasteiger partial charge in [-0.2, -0.15) is 10.5 Å². The molecule has 4 atom stereocenters. The molecule has 0 aliphatic heterocycles. The molecule has 1 aromatic carbocycles. The van der Waals surface area contributed by atoms with Crippen LogP contribution in [0.1, 0.15) is 55.2 Å². The van der Waals surface area contributed by atoms with Crippen molar-refractivity contribution in [1.82, 2.24) is 4.90 Å². The van der Waals surface area contributed by atoms with Crippen LogP contribution in [0, 0.1) is 45.3 Å². The van der Waals surface area contributed by atoms with E-state index < -0.39 is 80.3 Å². The lowest BCUT2D eigenvalue weighted by atomic mass is 9.47. The Morgan fingerprint density at radius 2 is 1.70 bits per heavy atom. The molecule has 0 saturated heterocycles. The number of ketones is 2. The molecule has 4 aliphatic carbocycles. The van der Waals surface area contributed by atoms with Gasteiger partial charge in [-0.25, -0.2) is 0 Å². The van der Waals surface area contributed by atoms with E-state index in [0.717, 1.165) is 19.3 Å². The molecule has 0 aromatic heterocycles. The number of phenols is 1. The molecule has 0 unspecified atom stereocenters. The molecular formula is C31H32N6O6. The lowest BCUT2D eigenvalue weighted by molar-refractivity contribution is -0.139. The van der Waals surface area contributed by atoms with Crippen LogP contribution in [-0.4, -0.2) is 68.9 Å². The van der Waals surface area contributed by atoms with E-state index in [-0.39, 0.29) is 12.0 Å². The van der Waals surface area contributed by atoms with Gasteiger partial charge in [-0.1, -0.05) is 31.1 Å². The number of hydrogen-bond donors (Lipinski definition) is 6. The van der Waals surface area contributed by atoms with Crippen LogP contribution in [0.4, 0.5) is 0 Å². The molecule has 12 nitrogen and oxygen atoms in total. The number of aliphatic hydroxyl groups excluding tert-OH is 2. The molecule has 4 aliphatic rings. The van der Waals surface area contributed by atoms with E-state index in [0.29, 0.717) is 24.0 Å². The minimum atomic E-state index is -2.73. The number of aliphatic hydroxyl groups is 2. The molecule has 0 radical (unpaired) electrons. The minimum Gasteiger partial charge on any atom is -0.509 e. The monoisotopic (exact) mass is 584 g/mol. The molecule has 1 amide bonds. The molecule has 1 aromatic rings. The fourth-order valence-corrected chi connectivity index (χ4v) is 7.56. The molecule has 0 spiro atoms. The van der Waals surface area contributed by atoms with Gasteiger partial charge in [-0.3, -0.25) is 19.3 Å². The molecule has 5 rings (SSSR count). The van der Waals surface area contributed by atoms with Gasteiger partial charge >= 0.3 is 0 Å². The van der Waals surface area contributed by atoms with Gasteiger partial charge in [0.15, 0.2) is 17.0 Å². The third-order valence-corrected chi connectivity index (χ3v) is 9.49. The number of nitrogens with two attached hydrogens (primary N) is 3. The van der Waals surface area contributed by atoms with Gasteiger partial charge in [0.25, 0.3) is 5.91 Å². The first kappa shape index (κ1) is 29.8. The molecule has 43 heavy (non-hydrogen) atoms. The van der Waals surface area contributed by atoms with Crippen molar-refractivity contribution in [2.24, 2.45) is 28.0 Å². The Labute approximate surface area is 248 Å². The van der Waals surface area contributed by atoms with Gasteiger partial charge in [0.2, 0.25) is 0 Å². The van der Waals surface area contributed by atoms with Crippen LogP contribution in [0.15, 0.2) is 29.0 Å². The number of hydrogen-bond acceptors (Lipinski definition) is 11. The number of likely N-dealkylation sites (N-methyl/N-ethyl adjacent to an activating group) is 1. The van der Waals surface area contributed by atoms with Gasteiger partial charge in [0.05, 0.1) is 40.4 Å². The second kappa shape index (κ2) is 9.68. The number of nitriles is 2. The Bertz CT molecular complexity index is 1710. The van der Waals surface area contributed by atoms with E-state index >= 15 is 0 Å². The number of fused-ring (bicyclic) bond motifs is 3. The highest BCUT2D eigenvalue weighted by molar-refractivity contribution is 6.25. The summed E-state index contributed by atoms with van der Waals surface area (Å²) in [6.07, 6.45) is 3.27. The summed E-state index contributed by atoms with van der Waals surface area (Å²) in [5.74, 6) is 0.244. The van der Waals surface area contributed by atoms with E-state index in [1.807, 2.05) is 0 Å². The number of primary amides is 1. The van der Waals surface area contributed by atoms with Crippen molar-refractivity contribution in [1.29, 1.82) is 10.5 Å². The SMILES string of the molecule is CN(C)[C@@H]1C(=O)C(C(N)=O)=C(O)[C@@]2(C#N)C(=O)C3=C(O)c4c(O)ccc(C#CC5(C#N)CCCCC5)c4C[C@@]3(N)C[C@@]12N. The number of carbonyl (C=O) groups is 3. The summed E-state index contributed by atoms with van der Waals surface area (Å²) < 4.78 is 0. The largest absolute Gasteiger partial charge is 0.509 e. The third-order valence-electron chi connectivity index (χ3n) is 9.49. The average Bonchev–Trinajstić information content (AvgIpc) is 2.92. The maximum absolute atomic E-state index is 14.4. The highest BCUT2D eigenvalue weighted by Gasteiger charge is 2.74. The zero-order valence-corrected chi connectivity index (χ0v) is 23.8. The summed E-state index contributed by atoms with van der Waals surface area (Å²) in [7, 11) is 2.91. The number of nitrogens with zero attached hydrogens (tertiary/aromatic N) is 3. The molecule has 2 saturated carbocycles. The molecule has 12 heteroatoms. The summed E-state index contributed by atoms with van der Waals surface area (Å²) in [5, 5.41) is 54.1. The average molecular weight is 585 g/mol. The second-order valence-corrected chi connectivity index (χ2v) is 12.3. The van der Waals surface area contributed by atoms with Crippen LogP contribution in [0.25, 0.3) is 5.76 Å². The van der Waals surface area contributed by atoms with E-state index in [4.69, 9.17) is 17.2 Å². The molecular weight excluding hydrogens is 552 g/mol. The third kappa shape index (κ3) is 3.83. The number of rotatable bonds is 2. The maximum Gasteiger partial charge on any atom is 0.255 e. The van der Waals surface area contributed by atoms with Crippen LogP contribution in [0.5, 0.6) is 5.75 Å². The van der Waals surface area contributed by atoms with Gasteiger partial charge < -0.3 is 32.5 Å². The molecule has 0 heterocycles. The number of amides is 1. The van der Waals surface area contributed by atoms with Crippen molar-refractivity contribution in [3.63, 3.8) is 0 Å². The smallest absolute Gasteiger partial charge is 0.255 e. The first-order valence-electron chi connectivity index (χ1n) is 13.9. The van der Waals surface area contributed by atoms with Crippen LogP contribution in [-0.2, 0) is 20.8 Å². The first-order valence-corrected chi connectivity index (χ1v) is 13.9. The van der Waals surface area contributed by atoms with E-state index in [1.54, 1.807) is 6.07 Å². The lowest BCUT2D eigenvalue weighted by Gasteiger charge is -2.58. The fourth-order valence-electron chi connectivity index (χ4n) is 7.56. The molecule has 222 valence electrons.